The van der Waals surface area contributed by atoms with Crippen LogP contribution in [0.1, 0.15) is 62.2 Å². The van der Waals surface area contributed by atoms with E-state index in [1.807, 2.05) is 4.90 Å². The van der Waals surface area contributed by atoms with Crippen LogP contribution in [0.4, 0.5) is 0 Å². The van der Waals surface area contributed by atoms with Gasteiger partial charge in [0.1, 0.15) is 5.82 Å². The molecule has 0 saturated heterocycles. The molecule has 144 valence electrons. The van der Waals surface area contributed by atoms with Crippen molar-refractivity contribution in [3.63, 3.8) is 0 Å². The zero-order valence-corrected chi connectivity index (χ0v) is 17.4. The molecule has 0 bridgehead atoms. The first kappa shape index (κ1) is 18.7. The third-order valence-electron chi connectivity index (χ3n) is 5.12. The van der Waals surface area contributed by atoms with Gasteiger partial charge in [0.25, 0.3) is 0 Å². The number of thioether (sulfide) groups is 1. The maximum Gasteiger partial charge on any atom is 0.237 e. The predicted molar refractivity (Wildman–Crippen MR) is 110 cm³/mol. The Balaban J connectivity index is 1.44. The van der Waals surface area contributed by atoms with Crippen molar-refractivity contribution in [1.82, 2.24) is 19.7 Å². The summed E-state index contributed by atoms with van der Waals surface area (Å²) >= 11 is 3.29. The van der Waals surface area contributed by atoms with Crippen molar-refractivity contribution < 1.29 is 4.79 Å². The van der Waals surface area contributed by atoms with Crippen LogP contribution in [0, 0.1) is 0 Å². The number of amides is 1. The molecule has 0 unspecified atom stereocenters. The number of hydrogen-bond donors (Lipinski definition) is 0. The van der Waals surface area contributed by atoms with Gasteiger partial charge >= 0.3 is 0 Å². The summed E-state index contributed by atoms with van der Waals surface area (Å²) in [4.78, 5) is 16.1. The molecular weight excluding hydrogens is 376 g/mol. The lowest BCUT2D eigenvalue weighted by atomic mass is 10.0. The molecule has 1 amide bonds. The van der Waals surface area contributed by atoms with Crippen LogP contribution in [0.2, 0.25) is 0 Å². The minimum atomic E-state index is 0.181. The molecule has 2 aromatic heterocycles. The fourth-order valence-electron chi connectivity index (χ4n) is 3.61. The normalized spacial score (nSPS) is 17.0. The summed E-state index contributed by atoms with van der Waals surface area (Å²) in [6, 6.07) is 4.73. The highest BCUT2D eigenvalue weighted by Crippen LogP contribution is 2.39. The SMILES string of the molecule is CCN(C(=O)CSc1nnc(Cc2cccs2)n1C1CC1)C1=CCCCC1. The van der Waals surface area contributed by atoms with Crippen molar-refractivity contribution in [1.29, 1.82) is 0 Å². The summed E-state index contributed by atoms with van der Waals surface area (Å²) < 4.78 is 2.27. The summed E-state index contributed by atoms with van der Waals surface area (Å²) in [5.41, 5.74) is 1.20. The van der Waals surface area contributed by atoms with Crippen LogP contribution in [0.25, 0.3) is 0 Å². The number of carbonyl (C=O) groups excluding carboxylic acids is 1. The second-order valence-corrected chi connectivity index (χ2v) is 9.10. The van der Waals surface area contributed by atoms with Crippen molar-refractivity contribution in [2.24, 2.45) is 0 Å². The van der Waals surface area contributed by atoms with E-state index in [-0.39, 0.29) is 5.91 Å². The highest BCUT2D eigenvalue weighted by Gasteiger charge is 2.30. The first-order chi connectivity index (χ1) is 13.3. The Morgan fingerprint density at radius 3 is 2.93 bits per heavy atom. The molecule has 0 spiro atoms. The minimum Gasteiger partial charge on any atom is -0.316 e. The van der Waals surface area contributed by atoms with Gasteiger partial charge in [0, 0.05) is 29.6 Å². The average molecular weight is 403 g/mol. The Labute approximate surface area is 168 Å². The monoisotopic (exact) mass is 402 g/mol. The standard InChI is InChI=1S/C20H26N4OS2/c1-2-23(15-7-4-3-5-8-15)19(25)14-27-20-22-21-18(24(20)16-10-11-16)13-17-9-6-12-26-17/h6-7,9,12,16H,2-5,8,10-11,13-14H2,1H3. The van der Waals surface area contributed by atoms with Gasteiger partial charge in [-0.25, -0.2) is 0 Å². The van der Waals surface area contributed by atoms with E-state index in [9.17, 15) is 4.79 Å². The van der Waals surface area contributed by atoms with Crippen molar-refractivity contribution >= 4 is 29.0 Å². The zero-order valence-electron chi connectivity index (χ0n) is 15.8. The Bertz CT molecular complexity index is 808. The third kappa shape index (κ3) is 4.46. The van der Waals surface area contributed by atoms with Crippen LogP contribution in [0.5, 0.6) is 0 Å². The summed E-state index contributed by atoms with van der Waals surface area (Å²) in [5, 5.41) is 11.9. The lowest BCUT2D eigenvalue weighted by Crippen LogP contribution is -2.32. The largest absolute Gasteiger partial charge is 0.316 e. The van der Waals surface area contributed by atoms with Crippen molar-refractivity contribution in [2.75, 3.05) is 12.3 Å². The van der Waals surface area contributed by atoms with Gasteiger partial charge in [0.15, 0.2) is 5.16 Å². The molecule has 0 radical (unpaired) electrons. The highest BCUT2D eigenvalue weighted by molar-refractivity contribution is 7.99. The molecular formula is C20H26N4OS2. The molecule has 0 aliphatic heterocycles. The van der Waals surface area contributed by atoms with Gasteiger partial charge in [-0.1, -0.05) is 23.9 Å². The van der Waals surface area contributed by atoms with Crippen LogP contribution in [0.15, 0.2) is 34.4 Å². The number of rotatable bonds is 8. The first-order valence-electron chi connectivity index (χ1n) is 9.84. The molecule has 2 aliphatic rings. The van der Waals surface area contributed by atoms with Crippen LogP contribution in [-0.2, 0) is 11.2 Å². The van der Waals surface area contributed by atoms with E-state index in [0.29, 0.717) is 11.8 Å². The maximum absolute atomic E-state index is 12.8. The van der Waals surface area contributed by atoms with Gasteiger partial charge in [-0.2, -0.15) is 0 Å². The summed E-state index contributed by atoms with van der Waals surface area (Å²) in [7, 11) is 0. The molecule has 2 aromatic rings. The molecule has 1 saturated carbocycles. The van der Waals surface area contributed by atoms with Crippen molar-refractivity contribution in [2.45, 2.75) is 63.1 Å². The molecule has 1 fully saturated rings. The molecule has 5 nitrogen and oxygen atoms in total. The molecule has 0 N–H and O–H groups in total. The minimum absolute atomic E-state index is 0.181. The highest BCUT2D eigenvalue weighted by atomic mass is 32.2. The zero-order chi connectivity index (χ0) is 18.6. The Morgan fingerprint density at radius 1 is 1.37 bits per heavy atom. The number of hydrogen-bond acceptors (Lipinski definition) is 5. The Morgan fingerprint density at radius 2 is 2.26 bits per heavy atom. The topological polar surface area (TPSA) is 51.0 Å². The summed E-state index contributed by atoms with van der Waals surface area (Å²) in [6.07, 6.45) is 9.97. The average Bonchev–Trinajstić information content (AvgIpc) is 3.24. The van der Waals surface area contributed by atoms with Gasteiger partial charge < -0.3 is 9.47 Å². The Hall–Kier alpha value is -1.60. The molecule has 4 rings (SSSR count). The van der Waals surface area contributed by atoms with Crippen LogP contribution in [-0.4, -0.2) is 37.9 Å². The van der Waals surface area contributed by atoms with Gasteiger partial charge in [-0.3, -0.25) is 4.79 Å². The van der Waals surface area contributed by atoms with E-state index in [0.717, 1.165) is 36.8 Å². The van der Waals surface area contributed by atoms with Gasteiger partial charge in [-0.05, 0) is 56.9 Å². The second-order valence-electron chi connectivity index (χ2n) is 7.12. The van der Waals surface area contributed by atoms with E-state index < -0.39 is 0 Å². The van der Waals surface area contributed by atoms with Gasteiger partial charge in [0.05, 0.1) is 5.75 Å². The molecule has 2 heterocycles. The number of allylic oxidation sites excluding steroid dienone is 2. The fourth-order valence-corrected chi connectivity index (χ4v) is 5.21. The van der Waals surface area contributed by atoms with Gasteiger partial charge in [0.2, 0.25) is 5.91 Å². The summed E-state index contributed by atoms with van der Waals surface area (Å²) in [5.74, 6) is 1.63. The first-order valence-corrected chi connectivity index (χ1v) is 11.7. The lowest BCUT2D eigenvalue weighted by molar-refractivity contribution is -0.126. The number of nitrogens with zero attached hydrogens (tertiary/aromatic N) is 4. The number of aromatic nitrogens is 3. The fraction of sp³-hybridized carbons (Fsp3) is 0.550. The number of thiophene rings is 1. The van der Waals surface area contributed by atoms with E-state index in [1.54, 1.807) is 11.3 Å². The van der Waals surface area contributed by atoms with Crippen molar-refractivity contribution in [3.05, 3.63) is 40.0 Å². The molecule has 2 aliphatic carbocycles. The molecule has 0 atom stereocenters. The second kappa shape index (κ2) is 8.61. The quantitative estimate of drug-likeness (QED) is 0.603. The number of carbonyl (C=O) groups is 1. The smallest absolute Gasteiger partial charge is 0.237 e. The van der Waals surface area contributed by atoms with Crippen molar-refractivity contribution in [3.8, 4) is 0 Å². The van der Waals surface area contributed by atoms with E-state index in [4.69, 9.17) is 0 Å². The maximum atomic E-state index is 12.8. The predicted octanol–water partition coefficient (Wildman–Crippen LogP) is 4.66. The van der Waals surface area contributed by atoms with E-state index >= 15 is 0 Å². The van der Waals surface area contributed by atoms with E-state index in [2.05, 4.69) is 45.3 Å². The van der Waals surface area contributed by atoms with Crippen LogP contribution >= 0.6 is 23.1 Å². The molecule has 27 heavy (non-hydrogen) atoms. The van der Waals surface area contributed by atoms with Crippen LogP contribution in [0.3, 0.4) is 0 Å². The Kier molecular flexibility index (Phi) is 5.98. The van der Waals surface area contributed by atoms with Gasteiger partial charge in [-0.15, -0.1) is 21.5 Å². The third-order valence-corrected chi connectivity index (χ3v) is 6.92. The van der Waals surface area contributed by atoms with E-state index in [1.165, 1.54) is 48.0 Å². The lowest BCUT2D eigenvalue weighted by Gasteiger charge is -2.26. The van der Waals surface area contributed by atoms with Crippen LogP contribution < -0.4 is 0 Å². The summed E-state index contributed by atoms with van der Waals surface area (Å²) in [6.45, 7) is 2.80. The molecule has 0 aromatic carbocycles. The molecule has 7 heteroatoms.